The summed E-state index contributed by atoms with van der Waals surface area (Å²) in [4.78, 5) is 15.2. The molecule has 20 heavy (non-hydrogen) atoms. The molecule has 1 aliphatic rings. The SMILES string of the molecule is CCC1CCCCN1C(=O)CSc1c(N)cccc1Cl. The lowest BCUT2D eigenvalue weighted by Crippen LogP contribution is -2.44. The normalized spacial score (nSPS) is 19.1. The third kappa shape index (κ3) is 3.61. The maximum atomic E-state index is 12.4. The number of piperidine rings is 1. The first-order chi connectivity index (χ1) is 9.63. The van der Waals surface area contributed by atoms with Crippen molar-refractivity contribution in [2.24, 2.45) is 0 Å². The minimum atomic E-state index is 0.195. The Kier molecular flexibility index (Phi) is 5.61. The number of nitrogens with two attached hydrogens (primary N) is 1. The number of thioether (sulfide) groups is 1. The minimum Gasteiger partial charge on any atom is -0.398 e. The van der Waals surface area contributed by atoms with Gasteiger partial charge in [-0.25, -0.2) is 0 Å². The molecule has 2 rings (SSSR count). The summed E-state index contributed by atoms with van der Waals surface area (Å²) in [5, 5.41) is 0.619. The van der Waals surface area contributed by atoms with Crippen molar-refractivity contribution in [1.82, 2.24) is 4.90 Å². The van der Waals surface area contributed by atoms with E-state index < -0.39 is 0 Å². The Labute approximate surface area is 129 Å². The molecule has 0 spiro atoms. The van der Waals surface area contributed by atoms with Crippen molar-refractivity contribution in [3.8, 4) is 0 Å². The Balaban J connectivity index is 1.98. The van der Waals surface area contributed by atoms with Gasteiger partial charge in [0.25, 0.3) is 0 Å². The number of anilines is 1. The van der Waals surface area contributed by atoms with Gasteiger partial charge in [-0.1, -0.05) is 24.6 Å². The van der Waals surface area contributed by atoms with Gasteiger partial charge in [-0.05, 0) is 37.8 Å². The van der Waals surface area contributed by atoms with E-state index in [9.17, 15) is 4.79 Å². The van der Waals surface area contributed by atoms with Crippen molar-refractivity contribution in [1.29, 1.82) is 0 Å². The molecule has 1 unspecified atom stereocenters. The fraction of sp³-hybridized carbons (Fsp3) is 0.533. The molecule has 0 saturated carbocycles. The molecule has 1 aromatic rings. The summed E-state index contributed by atoms with van der Waals surface area (Å²) in [6.45, 7) is 3.03. The van der Waals surface area contributed by atoms with E-state index in [1.807, 2.05) is 17.0 Å². The Hall–Kier alpha value is -0.870. The van der Waals surface area contributed by atoms with Crippen LogP contribution in [0.25, 0.3) is 0 Å². The number of rotatable bonds is 4. The highest BCUT2D eigenvalue weighted by molar-refractivity contribution is 8.00. The maximum Gasteiger partial charge on any atom is 0.233 e. The van der Waals surface area contributed by atoms with Gasteiger partial charge in [-0.15, -0.1) is 11.8 Å². The minimum absolute atomic E-state index is 0.195. The molecule has 0 bridgehead atoms. The van der Waals surface area contributed by atoms with E-state index in [2.05, 4.69) is 6.92 Å². The Morgan fingerprint density at radius 2 is 2.30 bits per heavy atom. The van der Waals surface area contributed by atoms with Crippen LogP contribution in [0.1, 0.15) is 32.6 Å². The molecule has 0 aromatic heterocycles. The topological polar surface area (TPSA) is 46.3 Å². The van der Waals surface area contributed by atoms with Crippen molar-refractivity contribution in [3.63, 3.8) is 0 Å². The average molecular weight is 313 g/mol. The first kappa shape index (κ1) is 15.5. The monoisotopic (exact) mass is 312 g/mol. The zero-order valence-corrected chi connectivity index (χ0v) is 13.3. The van der Waals surface area contributed by atoms with Crippen LogP contribution < -0.4 is 5.73 Å². The second-order valence-corrected chi connectivity index (χ2v) is 6.48. The molecule has 1 saturated heterocycles. The van der Waals surface area contributed by atoms with Gasteiger partial charge in [0.15, 0.2) is 0 Å². The predicted molar refractivity (Wildman–Crippen MR) is 86.2 cm³/mol. The number of nitrogens with zero attached hydrogens (tertiary/aromatic N) is 1. The fourth-order valence-corrected chi connectivity index (χ4v) is 3.87. The third-order valence-electron chi connectivity index (χ3n) is 3.76. The van der Waals surface area contributed by atoms with Crippen molar-refractivity contribution in [2.75, 3.05) is 18.0 Å². The summed E-state index contributed by atoms with van der Waals surface area (Å²) in [6.07, 6.45) is 4.50. The van der Waals surface area contributed by atoms with Crippen LogP contribution in [0.4, 0.5) is 5.69 Å². The second kappa shape index (κ2) is 7.23. The van der Waals surface area contributed by atoms with Crippen LogP contribution in [0.2, 0.25) is 5.02 Å². The summed E-state index contributed by atoms with van der Waals surface area (Å²) in [5.74, 6) is 0.602. The van der Waals surface area contributed by atoms with E-state index >= 15 is 0 Å². The molecule has 0 aliphatic carbocycles. The molecular weight excluding hydrogens is 292 g/mol. The van der Waals surface area contributed by atoms with E-state index in [4.69, 9.17) is 17.3 Å². The van der Waals surface area contributed by atoms with Gasteiger partial charge in [0.1, 0.15) is 0 Å². The molecule has 110 valence electrons. The van der Waals surface area contributed by atoms with Crippen LogP contribution in [0.5, 0.6) is 0 Å². The van der Waals surface area contributed by atoms with Crippen LogP contribution in [0, 0.1) is 0 Å². The molecule has 1 aliphatic heterocycles. The van der Waals surface area contributed by atoms with E-state index in [0.29, 0.717) is 22.5 Å². The lowest BCUT2D eigenvalue weighted by molar-refractivity contribution is -0.132. The number of likely N-dealkylation sites (tertiary alicyclic amines) is 1. The second-order valence-electron chi connectivity index (χ2n) is 5.09. The number of carbonyl (C=O) groups is 1. The van der Waals surface area contributed by atoms with Crippen LogP contribution in [0.15, 0.2) is 23.1 Å². The van der Waals surface area contributed by atoms with Crippen LogP contribution in [-0.4, -0.2) is 29.1 Å². The van der Waals surface area contributed by atoms with Gasteiger partial charge >= 0.3 is 0 Å². The quantitative estimate of drug-likeness (QED) is 0.679. The largest absolute Gasteiger partial charge is 0.398 e. The van der Waals surface area contributed by atoms with Gasteiger partial charge in [-0.2, -0.15) is 0 Å². The smallest absolute Gasteiger partial charge is 0.233 e. The van der Waals surface area contributed by atoms with Crippen LogP contribution in [0.3, 0.4) is 0 Å². The highest BCUT2D eigenvalue weighted by Crippen LogP contribution is 2.33. The maximum absolute atomic E-state index is 12.4. The number of hydrogen-bond acceptors (Lipinski definition) is 3. The molecule has 1 fully saturated rings. The van der Waals surface area contributed by atoms with Gasteiger partial charge < -0.3 is 10.6 Å². The molecule has 1 amide bonds. The number of hydrogen-bond donors (Lipinski definition) is 1. The highest BCUT2D eigenvalue weighted by atomic mass is 35.5. The first-order valence-electron chi connectivity index (χ1n) is 7.09. The van der Waals surface area contributed by atoms with Crippen molar-refractivity contribution >= 4 is 35.0 Å². The summed E-state index contributed by atoms with van der Waals surface area (Å²) in [7, 11) is 0. The summed E-state index contributed by atoms with van der Waals surface area (Å²) in [5.41, 5.74) is 6.55. The Bertz CT molecular complexity index is 461. The summed E-state index contributed by atoms with van der Waals surface area (Å²) in [6, 6.07) is 5.84. The first-order valence-corrected chi connectivity index (χ1v) is 8.46. The van der Waals surface area contributed by atoms with Crippen LogP contribution in [-0.2, 0) is 4.79 Å². The lowest BCUT2D eigenvalue weighted by Gasteiger charge is -2.35. The molecule has 2 N–H and O–H groups in total. The summed E-state index contributed by atoms with van der Waals surface area (Å²) < 4.78 is 0. The Morgan fingerprint density at radius 3 is 3.00 bits per heavy atom. The number of nitrogen functional groups attached to an aromatic ring is 1. The van der Waals surface area contributed by atoms with Crippen LogP contribution >= 0.6 is 23.4 Å². The number of carbonyl (C=O) groups excluding carboxylic acids is 1. The van der Waals surface area contributed by atoms with E-state index in [0.717, 1.165) is 30.7 Å². The van der Waals surface area contributed by atoms with Gasteiger partial charge in [0, 0.05) is 23.2 Å². The van der Waals surface area contributed by atoms with Crippen molar-refractivity contribution < 1.29 is 4.79 Å². The molecule has 0 radical (unpaired) electrons. The van der Waals surface area contributed by atoms with E-state index in [-0.39, 0.29) is 5.91 Å². The predicted octanol–water partition coefficient (Wildman–Crippen LogP) is 3.81. The Morgan fingerprint density at radius 1 is 1.50 bits per heavy atom. The zero-order valence-electron chi connectivity index (χ0n) is 11.8. The van der Waals surface area contributed by atoms with Crippen molar-refractivity contribution in [3.05, 3.63) is 23.2 Å². The summed E-state index contributed by atoms with van der Waals surface area (Å²) >= 11 is 7.57. The fourth-order valence-electron chi connectivity index (χ4n) is 2.65. The standard InChI is InChI=1S/C15H21ClN2OS/c1-2-11-6-3-4-9-18(11)14(19)10-20-15-12(16)7-5-8-13(15)17/h5,7-8,11H,2-4,6,9-10,17H2,1H3. The highest BCUT2D eigenvalue weighted by Gasteiger charge is 2.25. The number of halogens is 1. The van der Waals surface area contributed by atoms with Gasteiger partial charge in [0.2, 0.25) is 5.91 Å². The number of benzene rings is 1. The van der Waals surface area contributed by atoms with Crippen molar-refractivity contribution in [2.45, 2.75) is 43.5 Å². The molecule has 1 heterocycles. The molecule has 5 heteroatoms. The van der Waals surface area contributed by atoms with Gasteiger partial charge in [-0.3, -0.25) is 4.79 Å². The lowest BCUT2D eigenvalue weighted by atomic mass is 10.0. The van der Waals surface area contributed by atoms with E-state index in [1.54, 1.807) is 6.07 Å². The van der Waals surface area contributed by atoms with E-state index in [1.165, 1.54) is 18.2 Å². The van der Waals surface area contributed by atoms with Gasteiger partial charge in [0.05, 0.1) is 10.8 Å². The molecular formula is C15H21ClN2OS. The average Bonchev–Trinajstić information content (AvgIpc) is 2.46. The third-order valence-corrected chi connectivity index (χ3v) is 5.32. The number of amides is 1. The molecule has 1 aromatic carbocycles. The zero-order chi connectivity index (χ0) is 14.5. The molecule has 1 atom stereocenters. The molecule has 3 nitrogen and oxygen atoms in total.